The number of nitriles is 1. The van der Waals surface area contributed by atoms with Gasteiger partial charge in [-0.2, -0.15) is 5.26 Å². The number of ether oxygens (including phenoxy) is 1. The lowest BCUT2D eigenvalue weighted by Gasteiger charge is -2.36. The van der Waals surface area contributed by atoms with Crippen LogP contribution in [0.2, 0.25) is 0 Å². The lowest BCUT2D eigenvalue weighted by Crippen LogP contribution is -2.52. The van der Waals surface area contributed by atoms with E-state index in [9.17, 15) is 38.1 Å². The van der Waals surface area contributed by atoms with E-state index in [1.54, 1.807) is 13.8 Å². The molecule has 9 nitrogen and oxygen atoms in total. The second kappa shape index (κ2) is 12.4. The summed E-state index contributed by atoms with van der Waals surface area (Å²) >= 11 is 0. The number of alkyl carbamates (subject to hydrolysis) is 1. The number of alkyl halides is 2. The summed E-state index contributed by atoms with van der Waals surface area (Å²) in [5.74, 6) is -2.38. The van der Waals surface area contributed by atoms with Gasteiger partial charge in [-0.25, -0.2) is 18.0 Å². The minimum atomic E-state index is -1.95. The average molecular weight is 550 g/mol. The third-order valence-corrected chi connectivity index (χ3v) is 7.28. The first-order chi connectivity index (χ1) is 18.2. The van der Waals surface area contributed by atoms with Crippen LogP contribution >= 0.6 is 0 Å². The highest BCUT2D eigenvalue weighted by Crippen LogP contribution is 2.33. The van der Waals surface area contributed by atoms with Gasteiger partial charge in [0.2, 0.25) is 0 Å². The van der Waals surface area contributed by atoms with Crippen molar-refractivity contribution in [2.24, 2.45) is 0 Å². The van der Waals surface area contributed by atoms with Gasteiger partial charge in [0.25, 0.3) is 5.91 Å². The van der Waals surface area contributed by atoms with Gasteiger partial charge in [-0.05, 0) is 57.4 Å². The lowest BCUT2D eigenvalue weighted by atomic mass is 9.76. The fourth-order valence-corrected chi connectivity index (χ4v) is 5.03. The monoisotopic (exact) mass is 550 g/mol. The van der Waals surface area contributed by atoms with E-state index in [1.165, 1.54) is 37.3 Å². The first-order valence-electron chi connectivity index (χ1n) is 12.8. The maximum atomic E-state index is 14.5. The first-order valence-corrected chi connectivity index (χ1v) is 12.8. The zero-order chi connectivity index (χ0) is 29.0. The molecule has 3 rings (SSSR count). The molecule has 2 aliphatic heterocycles. The number of amides is 2. The van der Waals surface area contributed by atoms with Crippen molar-refractivity contribution in [1.82, 2.24) is 15.1 Å². The third-order valence-electron chi connectivity index (χ3n) is 7.28. The molecule has 13 heteroatoms. The summed E-state index contributed by atoms with van der Waals surface area (Å²) in [6.45, 7) is 4.98. The molecule has 0 aliphatic carbocycles. The fourth-order valence-electron chi connectivity index (χ4n) is 5.03. The number of rotatable bonds is 9. The maximum absolute atomic E-state index is 14.5. The summed E-state index contributed by atoms with van der Waals surface area (Å²) in [4.78, 5) is 28.8. The SMILES string of the molecule is CC(C)(/C=C(\C#N)C(=O)N1C[C@@H](F)C[C@]1(C)COC(=O)N[C@@H](Cc1ccc(F)cc1)B(O)O)N1CC[C@H](F)C1. The topological polar surface area (TPSA) is 126 Å². The van der Waals surface area contributed by atoms with Gasteiger partial charge in [0.05, 0.1) is 18.0 Å². The fraction of sp³-hybridized carbons (Fsp3) is 0.577. The predicted octanol–water partition coefficient (Wildman–Crippen LogP) is 2.08. The number of likely N-dealkylation sites (tertiary alicyclic amines) is 2. The molecule has 1 aromatic carbocycles. The molecule has 1 aromatic rings. The Morgan fingerprint density at radius 1 is 1.28 bits per heavy atom. The number of carbonyl (C=O) groups is 2. The molecule has 2 saturated heterocycles. The summed E-state index contributed by atoms with van der Waals surface area (Å²) in [5.41, 5.74) is -1.77. The van der Waals surface area contributed by atoms with Crippen molar-refractivity contribution in [2.45, 2.75) is 69.4 Å². The Labute approximate surface area is 226 Å². The van der Waals surface area contributed by atoms with Crippen molar-refractivity contribution in [2.75, 3.05) is 26.2 Å². The first kappa shape index (κ1) is 30.5. The molecule has 3 N–H and O–H groups in total. The van der Waals surface area contributed by atoms with Crippen molar-refractivity contribution < 1.29 is 37.5 Å². The van der Waals surface area contributed by atoms with E-state index in [2.05, 4.69) is 5.32 Å². The molecular formula is C26H34BF3N4O5. The largest absolute Gasteiger partial charge is 0.475 e. The molecule has 0 unspecified atom stereocenters. The van der Waals surface area contributed by atoms with E-state index < -0.39 is 60.9 Å². The lowest BCUT2D eigenvalue weighted by molar-refractivity contribution is -0.131. The summed E-state index contributed by atoms with van der Waals surface area (Å²) in [7, 11) is -1.95. The van der Waals surface area contributed by atoms with E-state index in [1.807, 2.05) is 11.0 Å². The Morgan fingerprint density at radius 3 is 2.51 bits per heavy atom. The highest BCUT2D eigenvalue weighted by molar-refractivity contribution is 6.43. The summed E-state index contributed by atoms with van der Waals surface area (Å²) in [6, 6.07) is 7.14. The molecule has 2 fully saturated rings. The van der Waals surface area contributed by atoms with Crippen LogP contribution in [-0.4, -0.2) is 94.6 Å². The Bertz CT molecular complexity index is 1110. The van der Waals surface area contributed by atoms with Crippen molar-refractivity contribution in [1.29, 1.82) is 5.26 Å². The molecule has 0 spiro atoms. The van der Waals surface area contributed by atoms with Gasteiger partial charge in [0.15, 0.2) is 0 Å². The van der Waals surface area contributed by atoms with Crippen molar-refractivity contribution in [3.05, 3.63) is 47.3 Å². The highest BCUT2D eigenvalue weighted by Gasteiger charge is 2.47. The zero-order valence-corrected chi connectivity index (χ0v) is 22.2. The second-order valence-corrected chi connectivity index (χ2v) is 10.9. The van der Waals surface area contributed by atoms with Crippen LogP contribution in [0.4, 0.5) is 18.0 Å². The summed E-state index contributed by atoms with van der Waals surface area (Å²) < 4.78 is 46.7. The molecule has 212 valence electrons. The zero-order valence-electron chi connectivity index (χ0n) is 22.2. The number of hydrogen-bond acceptors (Lipinski definition) is 7. The standard InChI is InChI=1S/C26H34BF3N4O5/c1-25(2,33-9-8-20(29)14-33)11-18(13-31)23(35)34-15-21(30)12-26(34,3)16-39-24(36)32-22(27(37)38)10-17-4-6-19(28)7-5-17/h4-7,11,20-22,37-38H,8-10,12,14-16H2,1-3H3,(H,32,36)/b18-11+/t20-,21-,22-,26+/m0/s1. The van der Waals surface area contributed by atoms with Gasteiger partial charge >= 0.3 is 13.2 Å². The summed E-state index contributed by atoms with van der Waals surface area (Å²) in [5, 5.41) is 31.4. The molecule has 2 heterocycles. The van der Waals surface area contributed by atoms with E-state index in [0.29, 0.717) is 18.5 Å². The van der Waals surface area contributed by atoms with Gasteiger partial charge in [0.1, 0.15) is 36.4 Å². The molecule has 0 bridgehead atoms. The second-order valence-electron chi connectivity index (χ2n) is 10.9. The van der Waals surface area contributed by atoms with Gasteiger partial charge in [-0.3, -0.25) is 9.69 Å². The van der Waals surface area contributed by atoms with E-state index in [4.69, 9.17) is 4.74 Å². The number of nitrogens with zero attached hydrogens (tertiary/aromatic N) is 3. The number of carbonyl (C=O) groups excluding carboxylic acids is 2. The van der Waals surface area contributed by atoms with Crippen LogP contribution < -0.4 is 5.32 Å². The van der Waals surface area contributed by atoms with Crippen molar-refractivity contribution in [3.63, 3.8) is 0 Å². The van der Waals surface area contributed by atoms with Crippen LogP contribution in [0, 0.1) is 17.1 Å². The molecule has 0 saturated carbocycles. The Hall–Kier alpha value is -3.08. The average Bonchev–Trinajstić information content (AvgIpc) is 3.44. The summed E-state index contributed by atoms with van der Waals surface area (Å²) in [6.07, 6.45) is -1.81. The Morgan fingerprint density at radius 2 is 1.95 bits per heavy atom. The van der Waals surface area contributed by atoms with Crippen LogP contribution in [0.1, 0.15) is 39.2 Å². The van der Waals surface area contributed by atoms with E-state index in [-0.39, 0.29) is 31.5 Å². The smallest absolute Gasteiger partial charge is 0.447 e. The normalized spacial score (nSPS) is 24.8. The molecule has 2 amide bonds. The van der Waals surface area contributed by atoms with Crippen LogP contribution in [0.25, 0.3) is 0 Å². The predicted molar refractivity (Wildman–Crippen MR) is 137 cm³/mol. The van der Waals surface area contributed by atoms with Gasteiger partial charge in [-0.1, -0.05) is 12.1 Å². The molecule has 39 heavy (non-hydrogen) atoms. The number of benzene rings is 1. The van der Waals surface area contributed by atoms with Crippen molar-refractivity contribution >= 4 is 19.1 Å². The van der Waals surface area contributed by atoms with Crippen LogP contribution in [0.15, 0.2) is 35.9 Å². The molecule has 0 aromatic heterocycles. The van der Waals surface area contributed by atoms with Crippen LogP contribution in [0.5, 0.6) is 0 Å². The Balaban J connectivity index is 1.68. The third kappa shape index (κ3) is 7.74. The molecule has 4 atom stereocenters. The minimum Gasteiger partial charge on any atom is -0.447 e. The minimum absolute atomic E-state index is 0.0340. The van der Waals surface area contributed by atoms with E-state index >= 15 is 0 Å². The molecule has 0 radical (unpaired) electrons. The molecule has 2 aliphatic rings. The number of hydrogen-bond donors (Lipinski definition) is 3. The van der Waals surface area contributed by atoms with Crippen LogP contribution in [-0.2, 0) is 16.0 Å². The van der Waals surface area contributed by atoms with E-state index in [0.717, 1.165) is 4.90 Å². The highest BCUT2D eigenvalue weighted by atomic mass is 19.1. The molecular weight excluding hydrogens is 516 g/mol. The van der Waals surface area contributed by atoms with Crippen molar-refractivity contribution in [3.8, 4) is 6.07 Å². The quantitative estimate of drug-likeness (QED) is 0.244. The van der Waals surface area contributed by atoms with Gasteiger partial charge in [0, 0.05) is 25.0 Å². The van der Waals surface area contributed by atoms with Gasteiger partial charge in [-0.15, -0.1) is 0 Å². The number of nitrogens with one attached hydrogen (secondary N) is 1. The maximum Gasteiger partial charge on any atom is 0.475 e. The van der Waals surface area contributed by atoms with Crippen LogP contribution in [0.3, 0.4) is 0 Å². The Kier molecular flexibility index (Phi) is 9.69. The number of halogens is 3. The van der Waals surface area contributed by atoms with Gasteiger partial charge < -0.3 is 25.0 Å².